The van der Waals surface area contributed by atoms with Crippen LogP contribution < -0.4 is 9.64 Å². The molecule has 25 heavy (non-hydrogen) atoms. The lowest BCUT2D eigenvalue weighted by Crippen LogP contribution is -2.46. The molecule has 1 aliphatic rings. The topological polar surface area (TPSA) is 35.9 Å². The lowest BCUT2D eigenvalue weighted by molar-refractivity contribution is 0.139. The van der Waals surface area contributed by atoms with Gasteiger partial charge in [0.15, 0.2) is 0 Å². The number of nitrogens with zero attached hydrogens (tertiary/aromatic N) is 2. The molecule has 1 unspecified atom stereocenters. The van der Waals surface area contributed by atoms with Gasteiger partial charge in [0, 0.05) is 32.7 Å². The van der Waals surface area contributed by atoms with Crippen LogP contribution in [0.3, 0.4) is 0 Å². The molecule has 0 amide bonds. The van der Waals surface area contributed by atoms with Crippen molar-refractivity contribution < 1.29 is 9.84 Å². The van der Waals surface area contributed by atoms with Crippen molar-refractivity contribution in [1.29, 1.82) is 0 Å². The number of aryl methyl sites for hydroxylation is 1. The van der Waals surface area contributed by atoms with Gasteiger partial charge in [-0.1, -0.05) is 42.0 Å². The number of aliphatic hydroxyl groups is 1. The van der Waals surface area contributed by atoms with Gasteiger partial charge in [0.25, 0.3) is 0 Å². The van der Waals surface area contributed by atoms with Gasteiger partial charge in [0.05, 0.1) is 18.9 Å². The summed E-state index contributed by atoms with van der Waals surface area (Å²) in [6.45, 7) is 6.99. The van der Waals surface area contributed by atoms with Crippen LogP contribution in [0.2, 0.25) is 0 Å². The Morgan fingerprint density at radius 1 is 1.00 bits per heavy atom. The molecular formula is C21H28N2O2. The van der Waals surface area contributed by atoms with Gasteiger partial charge in [-0.2, -0.15) is 0 Å². The van der Waals surface area contributed by atoms with E-state index >= 15 is 0 Å². The first-order valence-electron chi connectivity index (χ1n) is 9.02. The first-order valence-corrected chi connectivity index (χ1v) is 9.02. The lowest BCUT2D eigenvalue weighted by atomic mass is 10.0. The SMILES string of the molecule is COc1ccccc1N1CCN(CCC(O)c2ccc(C)cc2)CC1. The first-order chi connectivity index (χ1) is 12.2. The quantitative estimate of drug-likeness (QED) is 0.876. The Morgan fingerprint density at radius 2 is 1.68 bits per heavy atom. The molecule has 4 heteroatoms. The van der Waals surface area contributed by atoms with E-state index in [4.69, 9.17) is 4.74 Å². The minimum Gasteiger partial charge on any atom is -0.495 e. The molecule has 2 aromatic carbocycles. The van der Waals surface area contributed by atoms with E-state index < -0.39 is 0 Å². The summed E-state index contributed by atoms with van der Waals surface area (Å²) in [6.07, 6.45) is 0.394. The minimum absolute atomic E-state index is 0.382. The standard InChI is InChI=1S/C21H28N2O2/c1-17-7-9-18(10-8-17)20(24)11-12-22-13-15-23(16-14-22)19-5-3-4-6-21(19)25-2/h3-10,20,24H,11-16H2,1-2H3. The van der Waals surface area contributed by atoms with Crippen LogP contribution in [-0.2, 0) is 0 Å². The number of aliphatic hydroxyl groups excluding tert-OH is 1. The van der Waals surface area contributed by atoms with E-state index in [-0.39, 0.29) is 6.10 Å². The normalized spacial score (nSPS) is 16.7. The summed E-state index contributed by atoms with van der Waals surface area (Å²) in [6, 6.07) is 16.4. The largest absolute Gasteiger partial charge is 0.495 e. The summed E-state index contributed by atoms with van der Waals surface area (Å²) in [5.74, 6) is 0.936. The highest BCUT2D eigenvalue weighted by Crippen LogP contribution is 2.28. The molecule has 1 fully saturated rings. The van der Waals surface area contributed by atoms with Gasteiger partial charge in [-0.15, -0.1) is 0 Å². The van der Waals surface area contributed by atoms with Crippen LogP contribution in [-0.4, -0.2) is 49.8 Å². The maximum absolute atomic E-state index is 10.4. The molecular weight excluding hydrogens is 312 g/mol. The molecule has 1 atom stereocenters. The summed E-state index contributed by atoms with van der Waals surface area (Å²) in [5.41, 5.74) is 3.41. The van der Waals surface area contributed by atoms with Crippen LogP contribution in [0.25, 0.3) is 0 Å². The number of ether oxygens (including phenoxy) is 1. The molecule has 1 saturated heterocycles. The molecule has 0 spiro atoms. The zero-order valence-corrected chi connectivity index (χ0v) is 15.2. The smallest absolute Gasteiger partial charge is 0.142 e. The molecule has 1 heterocycles. The Labute approximate surface area is 150 Å². The van der Waals surface area contributed by atoms with E-state index in [2.05, 4.69) is 41.0 Å². The Balaban J connectivity index is 1.48. The van der Waals surface area contributed by atoms with E-state index in [0.29, 0.717) is 0 Å². The second kappa shape index (κ2) is 8.37. The molecule has 1 N–H and O–H groups in total. The van der Waals surface area contributed by atoms with Crippen molar-refractivity contribution >= 4 is 5.69 Å². The summed E-state index contributed by atoms with van der Waals surface area (Å²) < 4.78 is 5.47. The predicted molar refractivity (Wildman–Crippen MR) is 102 cm³/mol. The van der Waals surface area contributed by atoms with Gasteiger partial charge < -0.3 is 14.7 Å². The van der Waals surface area contributed by atoms with Crippen LogP contribution in [0.4, 0.5) is 5.69 Å². The van der Waals surface area contributed by atoms with Crippen molar-refractivity contribution in [2.45, 2.75) is 19.4 Å². The molecule has 134 valence electrons. The third-order valence-electron chi connectivity index (χ3n) is 4.98. The highest BCUT2D eigenvalue weighted by Gasteiger charge is 2.20. The number of methoxy groups -OCH3 is 1. The van der Waals surface area contributed by atoms with Crippen LogP contribution >= 0.6 is 0 Å². The second-order valence-electron chi connectivity index (χ2n) is 6.72. The summed E-state index contributed by atoms with van der Waals surface area (Å²) in [7, 11) is 1.72. The van der Waals surface area contributed by atoms with E-state index in [1.807, 2.05) is 24.3 Å². The zero-order valence-electron chi connectivity index (χ0n) is 15.2. The maximum atomic E-state index is 10.4. The van der Waals surface area contributed by atoms with Crippen molar-refractivity contribution in [2.24, 2.45) is 0 Å². The number of para-hydroxylation sites is 2. The van der Waals surface area contributed by atoms with Crippen molar-refractivity contribution in [2.75, 3.05) is 44.7 Å². The van der Waals surface area contributed by atoms with Crippen LogP contribution in [0.1, 0.15) is 23.7 Å². The van der Waals surface area contributed by atoms with Crippen molar-refractivity contribution in [3.63, 3.8) is 0 Å². The van der Waals surface area contributed by atoms with Crippen LogP contribution in [0.15, 0.2) is 48.5 Å². The van der Waals surface area contributed by atoms with E-state index in [9.17, 15) is 5.11 Å². The van der Waals surface area contributed by atoms with Gasteiger partial charge in [-0.3, -0.25) is 4.90 Å². The molecule has 0 bridgehead atoms. The van der Waals surface area contributed by atoms with E-state index in [1.165, 1.54) is 11.3 Å². The summed E-state index contributed by atoms with van der Waals surface area (Å²) in [4.78, 5) is 4.81. The zero-order chi connectivity index (χ0) is 17.6. The maximum Gasteiger partial charge on any atom is 0.142 e. The van der Waals surface area contributed by atoms with Gasteiger partial charge in [0.2, 0.25) is 0 Å². The van der Waals surface area contributed by atoms with Gasteiger partial charge in [0.1, 0.15) is 5.75 Å². The average molecular weight is 340 g/mol. The molecule has 3 rings (SSSR count). The average Bonchev–Trinajstić information content (AvgIpc) is 2.67. The van der Waals surface area contributed by atoms with Crippen molar-refractivity contribution in [3.8, 4) is 5.75 Å². The second-order valence-corrected chi connectivity index (χ2v) is 6.72. The number of hydrogen-bond acceptors (Lipinski definition) is 4. The van der Waals surface area contributed by atoms with Gasteiger partial charge in [-0.05, 0) is 31.0 Å². The van der Waals surface area contributed by atoms with Gasteiger partial charge in [-0.25, -0.2) is 0 Å². The number of hydrogen-bond donors (Lipinski definition) is 1. The van der Waals surface area contributed by atoms with Gasteiger partial charge >= 0.3 is 0 Å². The number of rotatable bonds is 6. The highest BCUT2D eigenvalue weighted by molar-refractivity contribution is 5.58. The van der Waals surface area contributed by atoms with Crippen molar-refractivity contribution in [1.82, 2.24) is 4.90 Å². The molecule has 0 aromatic heterocycles. The molecule has 0 saturated carbocycles. The molecule has 2 aromatic rings. The van der Waals surface area contributed by atoms with E-state index in [1.54, 1.807) is 7.11 Å². The van der Waals surface area contributed by atoms with Crippen molar-refractivity contribution in [3.05, 3.63) is 59.7 Å². The Morgan fingerprint density at radius 3 is 2.36 bits per heavy atom. The Kier molecular flexibility index (Phi) is 5.95. The number of benzene rings is 2. The van der Waals surface area contributed by atoms with E-state index in [0.717, 1.165) is 50.5 Å². The fourth-order valence-electron chi connectivity index (χ4n) is 3.36. The Hall–Kier alpha value is -2.04. The van der Waals surface area contributed by atoms with Crippen LogP contribution in [0, 0.1) is 6.92 Å². The van der Waals surface area contributed by atoms with Crippen LogP contribution in [0.5, 0.6) is 5.75 Å². The molecule has 0 aliphatic carbocycles. The fourth-order valence-corrected chi connectivity index (χ4v) is 3.36. The molecule has 4 nitrogen and oxygen atoms in total. The minimum atomic E-state index is -0.382. The fraction of sp³-hybridized carbons (Fsp3) is 0.429. The third kappa shape index (κ3) is 4.53. The first kappa shape index (κ1) is 17.8. The lowest BCUT2D eigenvalue weighted by Gasteiger charge is -2.36. The summed E-state index contributed by atoms with van der Waals surface area (Å²) in [5, 5.41) is 10.4. The molecule has 0 radical (unpaired) electrons. The third-order valence-corrected chi connectivity index (χ3v) is 4.98. The molecule has 1 aliphatic heterocycles. The highest BCUT2D eigenvalue weighted by atomic mass is 16.5. The Bertz CT molecular complexity index is 664. The monoisotopic (exact) mass is 340 g/mol. The summed E-state index contributed by atoms with van der Waals surface area (Å²) >= 11 is 0. The predicted octanol–water partition coefficient (Wildman–Crippen LogP) is 3.25. The number of anilines is 1. The number of piperazine rings is 1.